The molecule has 0 spiro atoms. The predicted molar refractivity (Wildman–Crippen MR) is 152 cm³/mol. The summed E-state index contributed by atoms with van der Waals surface area (Å²) < 4.78 is 16.3. The van der Waals surface area contributed by atoms with Crippen molar-refractivity contribution >= 4 is 41.4 Å². The molecule has 1 saturated heterocycles. The molecule has 0 aromatic rings. The summed E-state index contributed by atoms with van der Waals surface area (Å²) in [4.78, 5) is 35.7. The first kappa shape index (κ1) is 31.6. The van der Waals surface area contributed by atoms with Crippen LogP contribution in [-0.4, -0.2) is 63.5 Å². The Morgan fingerprint density at radius 2 is 1.53 bits per heavy atom. The van der Waals surface area contributed by atoms with E-state index in [1.54, 1.807) is 37.4 Å². The number of carbonyl (C=O) groups is 3. The number of carbonyl (C=O) groups excluding carboxylic acids is 3. The molecule has 3 atom stereocenters. The quantitative estimate of drug-likeness (QED) is 0.288. The molecule has 4 bridgehead atoms. The van der Waals surface area contributed by atoms with Crippen molar-refractivity contribution in [3.63, 3.8) is 0 Å². The van der Waals surface area contributed by atoms with Gasteiger partial charge in [0.15, 0.2) is 12.0 Å². The monoisotopic (exact) mass is 572 g/mol. The minimum atomic E-state index is -0.555. The van der Waals surface area contributed by atoms with E-state index in [0.29, 0.717) is 24.7 Å². The van der Waals surface area contributed by atoms with Gasteiger partial charge in [0.2, 0.25) is 0 Å². The van der Waals surface area contributed by atoms with Gasteiger partial charge in [0, 0.05) is 12.2 Å². The van der Waals surface area contributed by atoms with E-state index in [9.17, 15) is 19.5 Å². The van der Waals surface area contributed by atoms with Crippen molar-refractivity contribution < 1.29 is 33.7 Å². The molecule has 0 aromatic carbocycles. The molecule has 218 valence electrons. The first-order valence-electron chi connectivity index (χ1n) is 14.2. The predicted octanol–water partition coefficient (Wildman–Crippen LogP) is 5.75. The molecule has 3 unspecified atom stereocenters. The maximum absolute atomic E-state index is 12.4. The summed E-state index contributed by atoms with van der Waals surface area (Å²) in [5.74, 6) is 3.15. The molecule has 4 saturated carbocycles. The van der Waals surface area contributed by atoms with Crippen LogP contribution in [0.5, 0.6) is 0 Å². The largest absolute Gasteiger partial charge is 0.459 e. The van der Waals surface area contributed by atoms with Crippen molar-refractivity contribution in [1.82, 2.24) is 0 Å². The highest BCUT2D eigenvalue weighted by atomic mass is 32.2. The molecule has 5 rings (SSSR count). The molecule has 9 heteroatoms. The average Bonchev–Trinajstić information content (AvgIpc) is 3.09. The van der Waals surface area contributed by atoms with Gasteiger partial charge in [0.05, 0.1) is 16.4 Å². The molecular formula is C29H48O7S2. The molecule has 1 aliphatic heterocycles. The van der Waals surface area contributed by atoms with Crippen molar-refractivity contribution in [2.24, 2.45) is 22.7 Å². The van der Waals surface area contributed by atoms with Gasteiger partial charge in [-0.15, -0.1) is 11.8 Å². The van der Waals surface area contributed by atoms with Crippen molar-refractivity contribution in [3.8, 4) is 0 Å². The highest BCUT2D eigenvalue weighted by Gasteiger charge is 2.59. The SMILES string of the molecule is CCC(C)(C)C(=O)OC12CC3CC(CC(O)(C3)C1)C2.CCC(C)(C)C(=O)OCC(=O)OC1CSCCCS1. The van der Waals surface area contributed by atoms with E-state index in [-0.39, 0.29) is 29.6 Å². The third-order valence-corrected chi connectivity index (χ3v) is 11.2. The highest BCUT2D eigenvalue weighted by Crippen LogP contribution is 2.59. The van der Waals surface area contributed by atoms with E-state index in [0.717, 1.165) is 55.8 Å². The van der Waals surface area contributed by atoms with E-state index in [1.165, 1.54) is 6.42 Å². The summed E-state index contributed by atoms with van der Waals surface area (Å²) in [6.07, 6.45) is 8.27. The first-order chi connectivity index (χ1) is 17.7. The minimum absolute atomic E-state index is 0.0828. The number of esters is 3. The van der Waals surface area contributed by atoms with Crippen LogP contribution in [0.3, 0.4) is 0 Å². The van der Waals surface area contributed by atoms with Crippen LogP contribution in [0.15, 0.2) is 0 Å². The lowest BCUT2D eigenvalue weighted by Gasteiger charge is -2.59. The summed E-state index contributed by atoms with van der Waals surface area (Å²) in [6.45, 7) is 11.2. The van der Waals surface area contributed by atoms with Gasteiger partial charge >= 0.3 is 17.9 Å². The number of aliphatic hydroxyl groups is 1. The second-order valence-electron chi connectivity index (χ2n) is 13.0. The molecule has 1 heterocycles. The van der Waals surface area contributed by atoms with Gasteiger partial charge in [0.25, 0.3) is 0 Å². The van der Waals surface area contributed by atoms with Gasteiger partial charge in [-0.1, -0.05) is 13.8 Å². The Kier molecular flexibility index (Phi) is 10.6. The van der Waals surface area contributed by atoms with Gasteiger partial charge in [-0.25, -0.2) is 4.79 Å². The Hall–Kier alpha value is -0.930. The molecule has 0 amide bonds. The summed E-state index contributed by atoms with van der Waals surface area (Å²) >= 11 is 3.44. The Balaban J connectivity index is 0.000000211. The fraction of sp³-hybridized carbons (Fsp3) is 0.897. The Labute approximate surface area is 237 Å². The summed E-state index contributed by atoms with van der Waals surface area (Å²) in [6, 6.07) is 0. The third-order valence-electron chi connectivity index (χ3n) is 8.73. The highest BCUT2D eigenvalue weighted by molar-refractivity contribution is 8.03. The van der Waals surface area contributed by atoms with Crippen LogP contribution >= 0.6 is 23.5 Å². The molecule has 7 nitrogen and oxygen atoms in total. The van der Waals surface area contributed by atoms with E-state index in [4.69, 9.17) is 14.2 Å². The topological polar surface area (TPSA) is 99.1 Å². The molecule has 0 radical (unpaired) electrons. The fourth-order valence-electron chi connectivity index (χ4n) is 6.05. The normalized spacial score (nSPS) is 32.4. The number of hydrogen-bond acceptors (Lipinski definition) is 9. The average molecular weight is 573 g/mol. The summed E-state index contributed by atoms with van der Waals surface area (Å²) in [5.41, 5.74) is -1.99. The van der Waals surface area contributed by atoms with E-state index >= 15 is 0 Å². The van der Waals surface area contributed by atoms with E-state index in [1.807, 2.05) is 27.7 Å². The number of thioether (sulfide) groups is 2. The first-order valence-corrected chi connectivity index (χ1v) is 16.4. The molecule has 4 aliphatic carbocycles. The van der Waals surface area contributed by atoms with E-state index < -0.39 is 22.4 Å². The van der Waals surface area contributed by atoms with Crippen molar-refractivity contribution in [2.75, 3.05) is 23.9 Å². The zero-order chi connectivity index (χ0) is 28.2. The van der Waals surface area contributed by atoms with Crippen LogP contribution in [0.1, 0.15) is 99.3 Å². The van der Waals surface area contributed by atoms with Crippen LogP contribution < -0.4 is 0 Å². The van der Waals surface area contributed by atoms with Gasteiger partial charge in [-0.05, 0) is 102 Å². The van der Waals surface area contributed by atoms with Gasteiger partial charge in [-0.3, -0.25) is 9.59 Å². The summed E-state index contributed by atoms with van der Waals surface area (Å²) in [5, 5.41) is 10.6. The Morgan fingerprint density at radius 3 is 2.11 bits per heavy atom. The van der Waals surface area contributed by atoms with Crippen LogP contribution in [-0.2, 0) is 28.6 Å². The fourth-order valence-corrected chi connectivity index (χ4v) is 8.43. The Bertz CT molecular complexity index is 834. The zero-order valence-corrected chi connectivity index (χ0v) is 25.8. The lowest BCUT2D eigenvalue weighted by Crippen LogP contribution is -2.61. The molecule has 1 N–H and O–H groups in total. The molecule has 0 aromatic heterocycles. The lowest BCUT2D eigenvalue weighted by molar-refractivity contribution is -0.225. The van der Waals surface area contributed by atoms with Crippen LogP contribution in [0, 0.1) is 22.7 Å². The number of ether oxygens (including phenoxy) is 3. The molecular weight excluding hydrogens is 524 g/mol. The molecule has 38 heavy (non-hydrogen) atoms. The van der Waals surface area contributed by atoms with Gasteiger partial charge in [0.1, 0.15) is 5.60 Å². The maximum Gasteiger partial charge on any atom is 0.345 e. The second kappa shape index (κ2) is 12.7. The van der Waals surface area contributed by atoms with Crippen LogP contribution in [0.4, 0.5) is 0 Å². The standard InChI is InChI=1S/C16H26O3.C13H22O4S2/c1-4-14(2,3)13(17)19-16-8-11-5-12(9-16)7-15(18,6-11)10-16;1-4-13(2,3)12(15)16-8-10(14)17-11-9-18-6-5-7-19-11/h11-12,18H,4-10H2,1-3H3;11H,4-9H2,1-3H3. The van der Waals surface area contributed by atoms with Crippen LogP contribution in [0.2, 0.25) is 0 Å². The van der Waals surface area contributed by atoms with E-state index in [2.05, 4.69) is 0 Å². The van der Waals surface area contributed by atoms with Gasteiger partial charge < -0.3 is 19.3 Å². The third kappa shape index (κ3) is 8.29. The van der Waals surface area contributed by atoms with Crippen molar-refractivity contribution in [3.05, 3.63) is 0 Å². The molecule has 5 aliphatic rings. The number of hydrogen-bond donors (Lipinski definition) is 1. The Morgan fingerprint density at radius 1 is 0.921 bits per heavy atom. The van der Waals surface area contributed by atoms with Crippen molar-refractivity contribution in [1.29, 1.82) is 0 Å². The van der Waals surface area contributed by atoms with Crippen molar-refractivity contribution in [2.45, 2.75) is 116 Å². The number of rotatable bonds is 8. The lowest BCUT2D eigenvalue weighted by atomic mass is 9.52. The smallest absolute Gasteiger partial charge is 0.345 e. The molecule has 5 fully saturated rings. The summed E-state index contributed by atoms with van der Waals surface area (Å²) in [7, 11) is 0. The zero-order valence-electron chi connectivity index (χ0n) is 24.1. The second-order valence-corrected chi connectivity index (χ2v) is 15.4. The maximum atomic E-state index is 12.4. The van der Waals surface area contributed by atoms with Gasteiger partial charge in [-0.2, -0.15) is 11.8 Å². The van der Waals surface area contributed by atoms with Crippen LogP contribution in [0.25, 0.3) is 0 Å². The minimum Gasteiger partial charge on any atom is -0.459 e.